The second-order valence-corrected chi connectivity index (χ2v) is 5.11. The molecule has 0 aromatic carbocycles. The zero-order valence-electron chi connectivity index (χ0n) is 9.69. The van der Waals surface area contributed by atoms with Gasteiger partial charge in [0.25, 0.3) is 0 Å². The van der Waals surface area contributed by atoms with E-state index in [4.69, 9.17) is 4.74 Å². The fourth-order valence-corrected chi connectivity index (χ4v) is 2.48. The van der Waals surface area contributed by atoms with Crippen LogP contribution in [0.25, 0.3) is 0 Å². The van der Waals surface area contributed by atoms with E-state index in [0.29, 0.717) is 19.3 Å². The smallest absolute Gasteiger partial charge is 0.306 e. The number of ether oxygens (including phenoxy) is 1. The van der Waals surface area contributed by atoms with Crippen LogP contribution in [0.5, 0.6) is 0 Å². The molecule has 0 aromatic heterocycles. The summed E-state index contributed by atoms with van der Waals surface area (Å²) < 4.78 is 5.25. The molecular formula is C12H18O4. The van der Waals surface area contributed by atoms with Crippen LogP contribution in [-0.4, -0.2) is 33.5 Å². The van der Waals surface area contributed by atoms with Crippen molar-refractivity contribution < 1.29 is 19.7 Å². The topological polar surface area (TPSA) is 66.8 Å². The third-order valence-electron chi connectivity index (χ3n) is 3.95. The molecule has 1 aliphatic heterocycles. The molecule has 0 spiro atoms. The Morgan fingerprint density at radius 2 is 2.25 bits per heavy atom. The predicted octanol–water partition coefficient (Wildman–Crippen LogP) is 0.914. The molecule has 1 heterocycles. The Bertz CT molecular complexity index is 349. The first-order valence-electron chi connectivity index (χ1n) is 5.65. The van der Waals surface area contributed by atoms with E-state index in [1.54, 1.807) is 6.92 Å². The Balaban J connectivity index is 2.23. The molecule has 0 amide bonds. The number of hydrogen-bond donors (Lipinski definition) is 2. The van der Waals surface area contributed by atoms with Crippen molar-refractivity contribution in [3.63, 3.8) is 0 Å². The van der Waals surface area contributed by atoms with Gasteiger partial charge >= 0.3 is 5.97 Å². The maximum absolute atomic E-state index is 11.2. The Morgan fingerprint density at radius 1 is 1.56 bits per heavy atom. The Kier molecular flexibility index (Phi) is 2.59. The Morgan fingerprint density at radius 3 is 2.75 bits per heavy atom. The van der Waals surface area contributed by atoms with Crippen molar-refractivity contribution in [3.8, 4) is 0 Å². The van der Waals surface area contributed by atoms with Gasteiger partial charge in [-0.3, -0.25) is 4.79 Å². The molecule has 0 saturated carbocycles. The van der Waals surface area contributed by atoms with E-state index in [0.717, 1.165) is 5.57 Å². The molecule has 1 aliphatic carbocycles. The molecule has 1 fully saturated rings. The summed E-state index contributed by atoms with van der Waals surface area (Å²) in [6, 6.07) is 0. The van der Waals surface area contributed by atoms with Crippen LogP contribution in [0.4, 0.5) is 0 Å². The van der Waals surface area contributed by atoms with Gasteiger partial charge in [0.1, 0.15) is 11.2 Å². The summed E-state index contributed by atoms with van der Waals surface area (Å²) in [5.41, 5.74) is -1.13. The van der Waals surface area contributed by atoms with Crippen LogP contribution in [0.1, 0.15) is 39.5 Å². The fraction of sp³-hybridized carbons (Fsp3) is 0.750. The standard InChI is InChI=1S/C12H18O4/c1-8-3-6-12(15,7-9(8)13)11(2)5-4-10(14)16-11/h3,9,13,15H,4-7H2,1-2H3/t9-,11+,12-/m0/s1. The van der Waals surface area contributed by atoms with E-state index in [9.17, 15) is 15.0 Å². The summed E-state index contributed by atoms with van der Waals surface area (Å²) >= 11 is 0. The number of hydrogen-bond acceptors (Lipinski definition) is 4. The van der Waals surface area contributed by atoms with Crippen molar-refractivity contribution in [2.75, 3.05) is 0 Å². The summed E-state index contributed by atoms with van der Waals surface area (Å²) in [6.07, 6.45) is 2.71. The summed E-state index contributed by atoms with van der Waals surface area (Å²) in [5, 5.41) is 20.3. The maximum atomic E-state index is 11.2. The van der Waals surface area contributed by atoms with Crippen LogP contribution in [0, 0.1) is 0 Å². The van der Waals surface area contributed by atoms with E-state index < -0.39 is 17.3 Å². The minimum absolute atomic E-state index is 0.235. The van der Waals surface area contributed by atoms with Crippen molar-refractivity contribution in [1.29, 1.82) is 0 Å². The van der Waals surface area contributed by atoms with Gasteiger partial charge in [0, 0.05) is 19.3 Å². The first kappa shape index (κ1) is 11.6. The number of cyclic esters (lactones) is 1. The van der Waals surface area contributed by atoms with Gasteiger partial charge in [0.15, 0.2) is 0 Å². The highest BCUT2D eigenvalue weighted by atomic mass is 16.6. The second-order valence-electron chi connectivity index (χ2n) is 5.11. The average molecular weight is 226 g/mol. The number of carbonyl (C=O) groups excluding carboxylic acids is 1. The van der Waals surface area contributed by atoms with E-state index in [2.05, 4.69) is 0 Å². The monoisotopic (exact) mass is 226 g/mol. The van der Waals surface area contributed by atoms with E-state index in [1.165, 1.54) is 0 Å². The Hall–Kier alpha value is -0.870. The van der Waals surface area contributed by atoms with E-state index in [-0.39, 0.29) is 12.4 Å². The molecule has 4 heteroatoms. The third kappa shape index (κ3) is 1.66. The Labute approximate surface area is 94.9 Å². The molecule has 2 N–H and O–H groups in total. The molecule has 4 nitrogen and oxygen atoms in total. The fourth-order valence-electron chi connectivity index (χ4n) is 2.48. The zero-order valence-corrected chi connectivity index (χ0v) is 9.69. The first-order valence-corrected chi connectivity index (χ1v) is 5.65. The predicted molar refractivity (Wildman–Crippen MR) is 57.7 cm³/mol. The van der Waals surface area contributed by atoms with Gasteiger partial charge in [0.05, 0.1) is 6.10 Å². The molecular weight excluding hydrogens is 208 g/mol. The van der Waals surface area contributed by atoms with Crippen LogP contribution in [0.2, 0.25) is 0 Å². The molecule has 1 saturated heterocycles. The lowest BCUT2D eigenvalue weighted by molar-refractivity contribution is -0.182. The molecule has 0 unspecified atom stereocenters. The van der Waals surface area contributed by atoms with Crippen LogP contribution in [-0.2, 0) is 9.53 Å². The third-order valence-corrected chi connectivity index (χ3v) is 3.95. The number of aliphatic hydroxyl groups excluding tert-OH is 1. The second kappa shape index (κ2) is 3.57. The number of aliphatic hydroxyl groups is 2. The van der Waals surface area contributed by atoms with E-state index >= 15 is 0 Å². The summed E-state index contributed by atoms with van der Waals surface area (Å²) in [6.45, 7) is 3.59. The quantitative estimate of drug-likeness (QED) is 0.515. The van der Waals surface area contributed by atoms with Crippen molar-refractivity contribution in [2.24, 2.45) is 0 Å². The molecule has 3 atom stereocenters. The summed E-state index contributed by atoms with van der Waals surface area (Å²) in [7, 11) is 0. The molecule has 0 aromatic rings. The highest BCUT2D eigenvalue weighted by molar-refractivity contribution is 5.72. The molecule has 2 rings (SSSR count). The zero-order chi connectivity index (χ0) is 12.0. The van der Waals surface area contributed by atoms with Crippen molar-refractivity contribution in [1.82, 2.24) is 0 Å². The minimum atomic E-state index is -1.14. The summed E-state index contributed by atoms with van der Waals surface area (Å²) in [5.74, 6) is -0.267. The number of rotatable bonds is 1. The lowest BCUT2D eigenvalue weighted by Gasteiger charge is -2.44. The van der Waals surface area contributed by atoms with Crippen molar-refractivity contribution >= 4 is 5.97 Å². The number of esters is 1. The molecule has 16 heavy (non-hydrogen) atoms. The lowest BCUT2D eigenvalue weighted by atomic mass is 9.72. The van der Waals surface area contributed by atoms with E-state index in [1.807, 2.05) is 13.0 Å². The minimum Gasteiger partial charge on any atom is -0.456 e. The van der Waals surface area contributed by atoms with Gasteiger partial charge in [0.2, 0.25) is 0 Å². The number of carbonyl (C=O) groups is 1. The van der Waals surface area contributed by atoms with Gasteiger partial charge in [-0.1, -0.05) is 6.08 Å². The van der Waals surface area contributed by atoms with Gasteiger partial charge in [-0.15, -0.1) is 0 Å². The first-order chi connectivity index (χ1) is 7.36. The van der Waals surface area contributed by atoms with Gasteiger partial charge in [-0.2, -0.15) is 0 Å². The highest BCUT2D eigenvalue weighted by Gasteiger charge is 2.54. The summed E-state index contributed by atoms with van der Waals surface area (Å²) in [4.78, 5) is 11.2. The van der Waals surface area contributed by atoms with Crippen LogP contribution >= 0.6 is 0 Å². The largest absolute Gasteiger partial charge is 0.456 e. The van der Waals surface area contributed by atoms with Crippen molar-refractivity contribution in [2.45, 2.75) is 56.8 Å². The SMILES string of the molecule is CC1=CC[C@@](O)([C@@]2(C)CCC(=O)O2)C[C@@H]1O. The molecule has 0 bridgehead atoms. The van der Waals surface area contributed by atoms with Crippen molar-refractivity contribution in [3.05, 3.63) is 11.6 Å². The average Bonchev–Trinajstić information content (AvgIpc) is 2.55. The lowest BCUT2D eigenvalue weighted by Crippen LogP contribution is -2.55. The van der Waals surface area contributed by atoms with Gasteiger partial charge in [-0.05, 0) is 25.8 Å². The maximum Gasteiger partial charge on any atom is 0.306 e. The van der Waals surface area contributed by atoms with Gasteiger partial charge < -0.3 is 14.9 Å². The van der Waals surface area contributed by atoms with Crippen LogP contribution in [0.3, 0.4) is 0 Å². The normalized spacial score (nSPS) is 44.1. The molecule has 2 aliphatic rings. The highest BCUT2D eigenvalue weighted by Crippen LogP contribution is 2.44. The molecule has 0 radical (unpaired) electrons. The van der Waals surface area contributed by atoms with Crippen LogP contribution in [0.15, 0.2) is 11.6 Å². The molecule has 90 valence electrons. The van der Waals surface area contributed by atoms with Gasteiger partial charge in [-0.25, -0.2) is 0 Å². The van der Waals surface area contributed by atoms with Crippen LogP contribution < -0.4 is 0 Å².